The molecule has 292 valence electrons. The summed E-state index contributed by atoms with van der Waals surface area (Å²) in [5.74, 6) is 0.132. The summed E-state index contributed by atoms with van der Waals surface area (Å²) in [4.78, 5) is 30.7. The van der Waals surface area contributed by atoms with Crippen LogP contribution in [0, 0.1) is 0 Å². The van der Waals surface area contributed by atoms with Crippen molar-refractivity contribution in [2.75, 3.05) is 39.4 Å². The standard InChI is InChI=1S/C44H88N2O3/c1-5-9-13-17-21-25-29-33-37-45(38-34-30-26-22-18-14-10-6-2)43(47)41-49-42-44(48)46(39-35-31-27-23-19-15-11-7-3)40-36-32-28-24-20-16-12-8-4/h5-42H2,1-4H3. The van der Waals surface area contributed by atoms with E-state index in [1.165, 1.54) is 180 Å². The maximum Gasteiger partial charge on any atom is 0.248 e. The lowest BCUT2D eigenvalue weighted by Gasteiger charge is -2.24. The van der Waals surface area contributed by atoms with Crippen LogP contribution in [0.25, 0.3) is 0 Å². The van der Waals surface area contributed by atoms with E-state index < -0.39 is 0 Å². The molecule has 49 heavy (non-hydrogen) atoms. The molecule has 0 spiro atoms. The molecule has 5 nitrogen and oxygen atoms in total. The molecule has 5 heteroatoms. The van der Waals surface area contributed by atoms with Crippen LogP contribution >= 0.6 is 0 Å². The molecule has 0 saturated heterocycles. The summed E-state index contributed by atoms with van der Waals surface area (Å²) in [7, 11) is 0. The first-order valence-electron chi connectivity index (χ1n) is 22.2. The van der Waals surface area contributed by atoms with Crippen molar-refractivity contribution < 1.29 is 14.3 Å². The van der Waals surface area contributed by atoms with Gasteiger partial charge in [-0.25, -0.2) is 0 Å². The summed E-state index contributed by atoms with van der Waals surface area (Å²) in [6.45, 7) is 12.4. The van der Waals surface area contributed by atoms with Gasteiger partial charge in [-0.1, -0.05) is 207 Å². The number of carbonyl (C=O) groups excluding carboxylic acids is 2. The highest BCUT2D eigenvalue weighted by molar-refractivity contribution is 5.79. The SMILES string of the molecule is CCCCCCCCCCN(CCCCCCCCCC)C(=O)COCC(=O)N(CCCCCCCCCC)CCCCCCCCCC. The number of ether oxygens (including phenoxy) is 1. The first kappa shape index (κ1) is 47.9. The van der Waals surface area contributed by atoms with Gasteiger partial charge in [0, 0.05) is 26.2 Å². The minimum Gasteiger partial charge on any atom is -0.362 e. The Kier molecular flexibility index (Phi) is 38.8. The largest absolute Gasteiger partial charge is 0.362 e. The van der Waals surface area contributed by atoms with Gasteiger partial charge < -0.3 is 14.5 Å². The Morgan fingerprint density at radius 1 is 0.306 bits per heavy atom. The van der Waals surface area contributed by atoms with E-state index in [0.717, 1.165) is 51.9 Å². The molecule has 0 aromatic rings. The van der Waals surface area contributed by atoms with Crippen LogP contribution in [-0.2, 0) is 14.3 Å². The van der Waals surface area contributed by atoms with Gasteiger partial charge >= 0.3 is 0 Å². The van der Waals surface area contributed by atoms with Crippen LogP contribution in [0.5, 0.6) is 0 Å². The molecule has 0 aliphatic rings. The lowest BCUT2D eigenvalue weighted by Crippen LogP contribution is -2.39. The summed E-state index contributed by atoms with van der Waals surface area (Å²) in [5, 5.41) is 0. The van der Waals surface area contributed by atoms with Crippen molar-refractivity contribution in [2.45, 2.75) is 233 Å². The number of nitrogens with zero attached hydrogens (tertiary/aromatic N) is 2. The van der Waals surface area contributed by atoms with E-state index in [4.69, 9.17) is 4.74 Å². The van der Waals surface area contributed by atoms with E-state index >= 15 is 0 Å². The van der Waals surface area contributed by atoms with Gasteiger partial charge in [-0.3, -0.25) is 9.59 Å². The van der Waals surface area contributed by atoms with E-state index in [1.54, 1.807) is 0 Å². The van der Waals surface area contributed by atoms with Crippen LogP contribution in [0.3, 0.4) is 0 Å². The Labute approximate surface area is 307 Å². The second kappa shape index (κ2) is 39.7. The average Bonchev–Trinajstić information content (AvgIpc) is 3.10. The van der Waals surface area contributed by atoms with Gasteiger partial charge in [0.1, 0.15) is 13.2 Å². The van der Waals surface area contributed by atoms with Crippen molar-refractivity contribution in [2.24, 2.45) is 0 Å². The van der Waals surface area contributed by atoms with Crippen LogP contribution < -0.4 is 0 Å². The molecule has 0 radical (unpaired) electrons. The van der Waals surface area contributed by atoms with Crippen LogP contribution in [0.4, 0.5) is 0 Å². The van der Waals surface area contributed by atoms with E-state index in [0.29, 0.717) is 0 Å². The molecular formula is C44H88N2O3. The number of hydrogen-bond donors (Lipinski definition) is 0. The van der Waals surface area contributed by atoms with Crippen LogP contribution in [0.1, 0.15) is 233 Å². The summed E-state index contributed by atoms with van der Waals surface area (Å²) >= 11 is 0. The first-order chi connectivity index (χ1) is 24.1. The molecule has 0 N–H and O–H groups in total. The third-order valence-corrected chi connectivity index (χ3v) is 10.3. The highest BCUT2D eigenvalue weighted by Gasteiger charge is 2.17. The van der Waals surface area contributed by atoms with Gasteiger partial charge in [-0.05, 0) is 25.7 Å². The zero-order valence-electron chi connectivity index (χ0n) is 34.0. The molecule has 0 aliphatic carbocycles. The van der Waals surface area contributed by atoms with Gasteiger partial charge in [0.2, 0.25) is 11.8 Å². The van der Waals surface area contributed by atoms with E-state index in [9.17, 15) is 9.59 Å². The quantitative estimate of drug-likeness (QED) is 0.0601. The molecule has 0 aliphatic heterocycles. The number of hydrogen-bond acceptors (Lipinski definition) is 3. The highest BCUT2D eigenvalue weighted by atomic mass is 16.5. The maximum atomic E-state index is 13.3. The summed E-state index contributed by atoms with van der Waals surface area (Å²) in [6.07, 6.45) is 40.7. The number of carbonyl (C=O) groups is 2. The normalized spacial score (nSPS) is 11.3. The first-order valence-corrected chi connectivity index (χ1v) is 22.2. The van der Waals surface area contributed by atoms with E-state index in [2.05, 4.69) is 27.7 Å². The van der Waals surface area contributed by atoms with E-state index in [-0.39, 0.29) is 25.0 Å². The summed E-state index contributed by atoms with van der Waals surface area (Å²) in [6, 6.07) is 0. The maximum absolute atomic E-state index is 13.3. The Bertz CT molecular complexity index is 589. The third-order valence-electron chi connectivity index (χ3n) is 10.3. The van der Waals surface area contributed by atoms with Crippen molar-refractivity contribution in [3.05, 3.63) is 0 Å². The van der Waals surface area contributed by atoms with Gasteiger partial charge in [0.05, 0.1) is 0 Å². The predicted molar refractivity (Wildman–Crippen MR) is 214 cm³/mol. The van der Waals surface area contributed by atoms with Crippen LogP contribution in [0.15, 0.2) is 0 Å². The average molecular weight is 693 g/mol. The second-order valence-corrected chi connectivity index (χ2v) is 15.2. The van der Waals surface area contributed by atoms with Gasteiger partial charge in [0.15, 0.2) is 0 Å². The molecule has 0 saturated carbocycles. The second-order valence-electron chi connectivity index (χ2n) is 15.2. The van der Waals surface area contributed by atoms with E-state index in [1.807, 2.05) is 9.80 Å². The lowest BCUT2D eigenvalue weighted by atomic mass is 10.1. The monoisotopic (exact) mass is 693 g/mol. The molecule has 0 fully saturated rings. The Balaban J connectivity index is 4.75. The molecule has 0 unspecified atom stereocenters. The van der Waals surface area contributed by atoms with Crippen LogP contribution in [-0.4, -0.2) is 61.0 Å². The van der Waals surface area contributed by atoms with Crippen molar-refractivity contribution in [3.63, 3.8) is 0 Å². The lowest BCUT2D eigenvalue weighted by molar-refractivity contribution is -0.142. The Morgan fingerprint density at radius 2 is 0.490 bits per heavy atom. The summed E-state index contributed by atoms with van der Waals surface area (Å²) < 4.78 is 5.87. The molecule has 0 bridgehead atoms. The fourth-order valence-corrected chi connectivity index (χ4v) is 6.88. The molecule has 0 aromatic heterocycles. The molecular weight excluding hydrogens is 604 g/mol. The molecule has 0 aromatic carbocycles. The van der Waals surface area contributed by atoms with Crippen molar-refractivity contribution in [1.82, 2.24) is 9.80 Å². The number of amides is 2. The van der Waals surface area contributed by atoms with Gasteiger partial charge in [-0.15, -0.1) is 0 Å². The smallest absolute Gasteiger partial charge is 0.248 e. The fraction of sp³-hybridized carbons (Fsp3) is 0.955. The zero-order valence-corrected chi connectivity index (χ0v) is 34.0. The topological polar surface area (TPSA) is 49.9 Å². The van der Waals surface area contributed by atoms with Crippen molar-refractivity contribution >= 4 is 11.8 Å². The number of rotatable bonds is 40. The summed E-state index contributed by atoms with van der Waals surface area (Å²) in [5.41, 5.74) is 0. The van der Waals surface area contributed by atoms with Crippen molar-refractivity contribution in [1.29, 1.82) is 0 Å². The Hall–Kier alpha value is -1.10. The minimum absolute atomic E-state index is 0.0309. The predicted octanol–water partition coefficient (Wildman–Crippen LogP) is 13.2. The third kappa shape index (κ3) is 33.8. The Morgan fingerprint density at radius 3 is 0.694 bits per heavy atom. The van der Waals surface area contributed by atoms with Gasteiger partial charge in [0.25, 0.3) is 0 Å². The minimum atomic E-state index is 0.0309. The van der Waals surface area contributed by atoms with Gasteiger partial charge in [-0.2, -0.15) is 0 Å². The molecule has 0 atom stereocenters. The highest BCUT2D eigenvalue weighted by Crippen LogP contribution is 2.14. The van der Waals surface area contributed by atoms with Crippen molar-refractivity contribution in [3.8, 4) is 0 Å². The zero-order chi connectivity index (χ0) is 35.9. The molecule has 2 amide bonds. The molecule has 0 rings (SSSR count). The fourth-order valence-electron chi connectivity index (χ4n) is 6.88. The number of unbranched alkanes of at least 4 members (excludes halogenated alkanes) is 28. The molecule has 0 heterocycles. The van der Waals surface area contributed by atoms with Crippen LogP contribution in [0.2, 0.25) is 0 Å².